The number of nitrogens with one attached hydrogen (secondary N) is 4. The number of anilines is 2. The number of carbonyl (C=O) groups excluding carboxylic acids is 2. The molecule has 0 saturated carbocycles. The van der Waals surface area contributed by atoms with Gasteiger partial charge < -0.3 is 30.4 Å². The summed E-state index contributed by atoms with van der Waals surface area (Å²) >= 11 is 0. The van der Waals surface area contributed by atoms with Crippen LogP contribution in [-0.4, -0.2) is 54.2 Å². The number of aromatic amines is 1. The Morgan fingerprint density at radius 1 is 1.37 bits per heavy atom. The Hall–Kier alpha value is -4.62. The first-order valence-electron chi connectivity index (χ1n) is 12.1. The fourth-order valence-corrected chi connectivity index (χ4v) is 4.63. The highest BCUT2D eigenvalue weighted by Gasteiger charge is 2.34. The molecule has 0 unspecified atom stereocenters. The molecular weight excluding hydrogens is 489 g/mol. The van der Waals surface area contributed by atoms with Crippen LogP contribution in [-0.2, 0) is 16.0 Å². The lowest BCUT2D eigenvalue weighted by Gasteiger charge is -2.21. The van der Waals surface area contributed by atoms with Crippen LogP contribution in [0.1, 0.15) is 28.0 Å². The van der Waals surface area contributed by atoms with E-state index in [1.54, 1.807) is 30.6 Å². The van der Waals surface area contributed by atoms with Crippen LogP contribution < -0.4 is 20.7 Å². The van der Waals surface area contributed by atoms with Crippen molar-refractivity contribution in [1.29, 1.82) is 0 Å². The molecule has 0 spiro atoms. The van der Waals surface area contributed by atoms with Gasteiger partial charge in [-0.05, 0) is 24.3 Å². The molecule has 1 fully saturated rings. The van der Waals surface area contributed by atoms with Crippen molar-refractivity contribution in [3.05, 3.63) is 72.0 Å². The third-order valence-corrected chi connectivity index (χ3v) is 6.49. The van der Waals surface area contributed by atoms with Gasteiger partial charge in [0.1, 0.15) is 5.54 Å². The highest BCUT2D eigenvalue weighted by molar-refractivity contribution is 6.06. The summed E-state index contributed by atoms with van der Waals surface area (Å²) in [5, 5.41) is 8.97. The molecule has 2 aliphatic heterocycles. The van der Waals surface area contributed by atoms with Gasteiger partial charge in [0.05, 0.1) is 48.5 Å². The molecule has 10 heteroatoms. The summed E-state index contributed by atoms with van der Waals surface area (Å²) in [6, 6.07) is 6.32. The molecule has 1 saturated heterocycles. The molecule has 1 atom stereocenters. The first-order valence-corrected chi connectivity index (χ1v) is 12.1. The van der Waals surface area contributed by atoms with Crippen molar-refractivity contribution in [3.63, 3.8) is 0 Å². The molecular formula is C28H26FN5O4. The summed E-state index contributed by atoms with van der Waals surface area (Å²) < 4.78 is 25.3. The quantitative estimate of drug-likeness (QED) is 0.296. The van der Waals surface area contributed by atoms with Crippen LogP contribution in [0.3, 0.4) is 0 Å². The first-order chi connectivity index (χ1) is 18.4. The second-order valence-corrected chi connectivity index (χ2v) is 8.93. The molecule has 3 aromatic rings. The Balaban J connectivity index is 1.63. The number of amides is 2. The fraction of sp³-hybridized carbons (Fsp3) is 0.250. The molecule has 1 aromatic carbocycles. The van der Waals surface area contributed by atoms with E-state index in [9.17, 15) is 14.0 Å². The number of aromatic nitrogens is 2. The summed E-state index contributed by atoms with van der Waals surface area (Å²) in [6.45, 7) is 4.72. The number of methoxy groups -OCH3 is 1. The monoisotopic (exact) mass is 515 g/mol. The zero-order valence-corrected chi connectivity index (χ0v) is 20.7. The van der Waals surface area contributed by atoms with Crippen molar-refractivity contribution in [2.75, 3.05) is 32.2 Å². The smallest absolute Gasteiger partial charge is 0.255 e. The number of pyridine rings is 1. The predicted molar refractivity (Wildman–Crippen MR) is 140 cm³/mol. The number of carbonyl (C=O) groups is 2. The minimum Gasteiger partial charge on any atom is -0.492 e. The van der Waals surface area contributed by atoms with Crippen LogP contribution in [0.5, 0.6) is 5.75 Å². The minimum absolute atomic E-state index is 0.0282. The van der Waals surface area contributed by atoms with Gasteiger partial charge in [-0.15, -0.1) is 0 Å². The first kappa shape index (κ1) is 25.0. The van der Waals surface area contributed by atoms with E-state index in [1.807, 2.05) is 0 Å². The van der Waals surface area contributed by atoms with Crippen molar-refractivity contribution in [2.24, 2.45) is 0 Å². The van der Waals surface area contributed by atoms with E-state index in [0.717, 1.165) is 5.69 Å². The Morgan fingerprint density at radius 3 is 3.00 bits per heavy atom. The van der Waals surface area contributed by atoms with E-state index >= 15 is 0 Å². The minimum atomic E-state index is -0.858. The number of fused-ring (bicyclic) bond motifs is 1. The molecule has 0 radical (unpaired) electrons. The second kappa shape index (κ2) is 10.4. The number of rotatable bonds is 6. The average Bonchev–Trinajstić information content (AvgIpc) is 3.53. The zero-order valence-electron chi connectivity index (χ0n) is 20.7. The molecule has 0 aliphatic carbocycles. The third-order valence-electron chi connectivity index (χ3n) is 6.49. The van der Waals surface area contributed by atoms with E-state index in [-0.39, 0.29) is 24.2 Å². The topological polar surface area (TPSA) is 117 Å². The molecule has 194 valence electrons. The molecule has 4 N–H and O–H groups in total. The maximum atomic E-state index is 14.5. The maximum Gasteiger partial charge on any atom is 0.255 e. The summed E-state index contributed by atoms with van der Waals surface area (Å²) in [5.41, 5.74) is 3.00. The molecule has 5 rings (SSSR count). The number of hydrogen-bond acceptors (Lipinski definition) is 6. The van der Waals surface area contributed by atoms with Gasteiger partial charge in [-0.1, -0.05) is 24.5 Å². The van der Waals surface area contributed by atoms with E-state index in [1.165, 1.54) is 19.3 Å². The molecule has 4 heterocycles. The van der Waals surface area contributed by atoms with E-state index in [2.05, 4.69) is 44.3 Å². The lowest BCUT2D eigenvalue weighted by atomic mass is 9.97. The van der Waals surface area contributed by atoms with Gasteiger partial charge in [-0.25, -0.2) is 4.39 Å². The molecule has 2 amide bonds. The standard InChI is InChI=1S/C28H26FN5O4/c1-3-22(35)34-28(11-14-38-16-28)10-7-17-15-30-12-8-18(17)24-25(23-20(32-24)9-13-31-27(23)36)33-21-6-4-5-19(29)26(21)37-2/h3-6,8,12,15,32-33H,1,9,11,13-14,16H2,2H3,(H,31,36)(H,34,35)/t28-/m0/s1. The normalized spacial score (nSPS) is 18.0. The SMILES string of the molecule is C=CC(=O)N[C@@]1(C#Cc2cnccc2-c2[nH]c3c(c2Nc2cccc(F)c2OC)C(=O)NCC3)CCOC1. The van der Waals surface area contributed by atoms with E-state index in [0.29, 0.717) is 59.8 Å². The van der Waals surface area contributed by atoms with E-state index < -0.39 is 11.4 Å². The Labute approximate surface area is 218 Å². The number of benzene rings is 1. The highest BCUT2D eigenvalue weighted by atomic mass is 19.1. The lowest BCUT2D eigenvalue weighted by molar-refractivity contribution is -0.117. The van der Waals surface area contributed by atoms with E-state index in [4.69, 9.17) is 9.47 Å². The maximum absolute atomic E-state index is 14.5. The van der Waals surface area contributed by atoms with Crippen molar-refractivity contribution in [3.8, 4) is 28.8 Å². The summed E-state index contributed by atoms with van der Waals surface area (Å²) in [4.78, 5) is 32.6. The number of halogens is 1. The molecule has 0 bridgehead atoms. The lowest BCUT2D eigenvalue weighted by Crippen LogP contribution is -2.47. The van der Waals surface area contributed by atoms with Gasteiger partial charge in [0, 0.05) is 43.0 Å². The van der Waals surface area contributed by atoms with Crippen molar-refractivity contribution < 1.29 is 23.5 Å². The Bertz CT molecular complexity index is 1480. The average molecular weight is 516 g/mol. The van der Waals surface area contributed by atoms with Gasteiger partial charge in [0.2, 0.25) is 5.91 Å². The summed E-state index contributed by atoms with van der Waals surface area (Å²) in [7, 11) is 1.38. The van der Waals surface area contributed by atoms with Crippen LogP contribution in [0.4, 0.5) is 15.8 Å². The van der Waals surface area contributed by atoms with Crippen molar-refractivity contribution >= 4 is 23.2 Å². The van der Waals surface area contributed by atoms with Crippen molar-refractivity contribution in [2.45, 2.75) is 18.4 Å². The second-order valence-electron chi connectivity index (χ2n) is 8.93. The van der Waals surface area contributed by atoms with Gasteiger partial charge in [0.15, 0.2) is 11.6 Å². The van der Waals surface area contributed by atoms with Gasteiger partial charge in [-0.3, -0.25) is 14.6 Å². The van der Waals surface area contributed by atoms with Gasteiger partial charge >= 0.3 is 0 Å². The molecule has 2 aliphatic rings. The Kier molecular flexibility index (Phi) is 6.85. The van der Waals surface area contributed by atoms with Crippen LogP contribution in [0, 0.1) is 17.7 Å². The fourth-order valence-electron chi connectivity index (χ4n) is 4.63. The molecule has 38 heavy (non-hydrogen) atoms. The third kappa shape index (κ3) is 4.71. The van der Waals surface area contributed by atoms with Crippen LogP contribution in [0.2, 0.25) is 0 Å². The largest absolute Gasteiger partial charge is 0.492 e. The van der Waals surface area contributed by atoms with Crippen LogP contribution >= 0.6 is 0 Å². The Morgan fingerprint density at radius 2 is 2.24 bits per heavy atom. The van der Waals surface area contributed by atoms with Crippen LogP contribution in [0.15, 0.2) is 49.3 Å². The number of hydrogen-bond donors (Lipinski definition) is 4. The number of para-hydroxylation sites is 1. The van der Waals surface area contributed by atoms with Crippen molar-refractivity contribution in [1.82, 2.24) is 20.6 Å². The predicted octanol–water partition coefficient (Wildman–Crippen LogP) is 3.07. The summed E-state index contributed by atoms with van der Waals surface area (Å²) in [5.74, 6) is 5.25. The van der Waals surface area contributed by atoms with Gasteiger partial charge in [0.25, 0.3) is 5.91 Å². The molecule has 2 aromatic heterocycles. The number of H-pyrrole nitrogens is 1. The number of nitrogens with zero attached hydrogens (tertiary/aromatic N) is 1. The zero-order chi connectivity index (χ0) is 26.7. The summed E-state index contributed by atoms with van der Waals surface area (Å²) in [6.07, 6.45) is 5.56. The number of ether oxygens (including phenoxy) is 2. The van der Waals surface area contributed by atoms with Gasteiger partial charge in [-0.2, -0.15) is 0 Å². The van der Waals surface area contributed by atoms with Crippen LogP contribution in [0.25, 0.3) is 11.3 Å². The highest BCUT2D eigenvalue weighted by Crippen LogP contribution is 2.40. The molecule has 9 nitrogen and oxygen atoms in total.